The predicted octanol–water partition coefficient (Wildman–Crippen LogP) is 7.83. The highest BCUT2D eigenvalue weighted by Gasteiger charge is 2.58. The Morgan fingerprint density at radius 2 is 1.40 bits per heavy atom. The number of esters is 4. The van der Waals surface area contributed by atoms with Crippen LogP contribution in [-0.4, -0.2) is 207 Å². The summed E-state index contributed by atoms with van der Waals surface area (Å²) < 4.78 is 82.1. The molecule has 3 aromatic rings. The van der Waals surface area contributed by atoms with E-state index in [-0.39, 0.29) is 49.4 Å². The molecule has 0 unspecified atom stereocenters. The number of halogens is 2. The van der Waals surface area contributed by atoms with Gasteiger partial charge in [0.25, 0.3) is 0 Å². The molecule has 0 aliphatic carbocycles. The largest absolute Gasteiger partial charge is 0.491 e. The number of carbonyl (C=O) groups excluding carboxylic acids is 6. The molecule has 2 aromatic carbocycles. The van der Waals surface area contributed by atoms with Gasteiger partial charge in [-0.25, -0.2) is 4.98 Å². The predicted molar refractivity (Wildman–Crippen MR) is 340 cm³/mol. The molecule has 9 rings (SSSR count). The maximum Gasteiger partial charge on any atom is 0.311 e. The number of ether oxygens (including phenoxy) is 13. The fourth-order valence-electron chi connectivity index (χ4n) is 13.5. The van der Waals surface area contributed by atoms with Crippen molar-refractivity contribution in [3.63, 3.8) is 0 Å². The van der Waals surface area contributed by atoms with Gasteiger partial charge in [0.1, 0.15) is 36.8 Å². The standard InChI is InChI=1S/C41H67NO15.C26H28Cl2N4O4/c1-19-17-41(18-49-41)38(46)23(5)34(53-27(9)43)21(3)25(7)52-39(47)24(6)35(56-32-16-31(48-14)36(26(8)51-32)54-28(10)44)22(4)33(19)57-40-37(55-29(11)45)30(42(12)13)15-20(2)50-40;1-19(33)31-10-12-32(13-11-31)21-3-5-22(6-4-21)34-15-23-16-35-26(36-23,17-30-9-8-29-18-30)24-7-2-20(27)14-25(24)28/h19-26,30-37,40H,15-18H2,1-14H3;2-9,14,18,23H,10-13,15-17H2,1H3/t19-,20+,21-,22+,23+,24+,25+,26-,30-,31-,32-,33-,34-,35-,36-,37+,40-,41-;23-,26-/m00/s1. The molecular formula is C67H95Cl2N5O19. The van der Waals surface area contributed by atoms with Gasteiger partial charge in [-0.15, -0.1) is 0 Å². The Kier molecular flexibility index (Phi) is 25.2. The number of ketones is 1. The Bertz CT molecular complexity index is 3000. The highest BCUT2D eigenvalue weighted by molar-refractivity contribution is 6.35. The van der Waals surface area contributed by atoms with Crippen molar-refractivity contribution in [3.8, 4) is 5.75 Å². The van der Waals surface area contributed by atoms with Crippen molar-refractivity contribution in [2.24, 2.45) is 29.6 Å². The second-order valence-corrected chi connectivity index (χ2v) is 26.9. The van der Waals surface area contributed by atoms with E-state index in [1.165, 1.54) is 27.9 Å². The van der Waals surface area contributed by atoms with Gasteiger partial charge in [-0.2, -0.15) is 0 Å². The van der Waals surface area contributed by atoms with Crippen LogP contribution < -0.4 is 9.64 Å². The van der Waals surface area contributed by atoms with Gasteiger partial charge in [-0.1, -0.05) is 57.0 Å². The zero-order valence-corrected chi connectivity index (χ0v) is 57.7. The SMILES string of the molecule is CC(=O)N1CCN(c2ccc(OC[C@H]3CO[C@](Cn4ccnc4)(c4ccc(Cl)cc4Cl)O3)cc2)CC1.CO[C@H]1C[C@H](O[C@H]2[C@H](C)[C@@H](O[C@@H]3O[C@H](C)C[C@H](N(C)C)[C@H]3OC(C)=O)[C@@H](C)C[C@]3(CO3)C(=O)[C@H](C)[C@@H](OC(C)=O)[C@@H](C)[C@@H](C)OC(=O)[C@@H]2C)O[C@@H](C)[C@@H]1OC(C)=O. The summed E-state index contributed by atoms with van der Waals surface area (Å²) in [6.07, 6.45) is -2.37. The Morgan fingerprint density at radius 3 is 1.99 bits per heavy atom. The molecule has 516 valence electrons. The molecule has 0 N–H and O–H groups in total. The topological polar surface area (TPSA) is 253 Å². The van der Waals surface area contributed by atoms with Crippen LogP contribution in [0.2, 0.25) is 10.0 Å². The van der Waals surface area contributed by atoms with Crippen molar-refractivity contribution >= 4 is 64.5 Å². The van der Waals surface area contributed by atoms with Gasteiger partial charge in [-0.05, 0) is 96.9 Å². The Hall–Kier alpha value is -5.51. The van der Waals surface area contributed by atoms with E-state index in [2.05, 4.69) is 9.88 Å². The lowest BCUT2D eigenvalue weighted by atomic mass is 9.76. The number of nitrogens with zero attached hydrogens (tertiary/aromatic N) is 5. The number of likely N-dealkylation sites (N-methyl/N-ethyl adjacent to an activating group) is 1. The van der Waals surface area contributed by atoms with Crippen molar-refractivity contribution in [1.29, 1.82) is 0 Å². The molecule has 20 atom stereocenters. The number of epoxide rings is 1. The Morgan fingerprint density at radius 1 is 0.742 bits per heavy atom. The zero-order valence-electron chi connectivity index (χ0n) is 56.2. The average molecular weight is 1350 g/mol. The number of amides is 1. The van der Waals surface area contributed by atoms with Gasteiger partial charge < -0.3 is 80.8 Å². The molecule has 0 saturated carbocycles. The summed E-state index contributed by atoms with van der Waals surface area (Å²) in [6.45, 7) is 24.3. The molecule has 7 heterocycles. The third-order valence-electron chi connectivity index (χ3n) is 18.7. The van der Waals surface area contributed by atoms with Crippen LogP contribution in [0.15, 0.2) is 61.2 Å². The van der Waals surface area contributed by atoms with Crippen LogP contribution in [-0.2, 0) is 97.9 Å². The van der Waals surface area contributed by atoms with Crippen LogP contribution in [0.1, 0.15) is 108 Å². The molecule has 0 radical (unpaired) electrons. The minimum Gasteiger partial charge on any atom is -0.491 e. The van der Waals surface area contributed by atoms with Crippen molar-refractivity contribution in [2.45, 2.75) is 200 Å². The number of Topliss-reactive ketones (excluding diaryl/α,β-unsaturated/α-hetero) is 1. The van der Waals surface area contributed by atoms with Crippen LogP contribution in [0.4, 0.5) is 5.69 Å². The number of anilines is 1. The summed E-state index contributed by atoms with van der Waals surface area (Å²) in [5.74, 6) is -5.89. The summed E-state index contributed by atoms with van der Waals surface area (Å²) in [6, 6.07) is 13.0. The zero-order chi connectivity index (χ0) is 67.8. The lowest BCUT2D eigenvalue weighted by Gasteiger charge is -2.46. The molecule has 6 aliphatic rings. The number of rotatable bonds is 16. The average Bonchev–Trinajstić information content (AvgIpc) is 1.26. The van der Waals surface area contributed by atoms with Gasteiger partial charge in [0.15, 0.2) is 36.2 Å². The maximum atomic E-state index is 14.4. The minimum atomic E-state index is -1.19. The molecule has 1 amide bonds. The van der Waals surface area contributed by atoms with Gasteiger partial charge in [-0.3, -0.25) is 28.8 Å². The van der Waals surface area contributed by atoms with Crippen LogP contribution in [0, 0.1) is 29.6 Å². The second-order valence-electron chi connectivity index (χ2n) is 26.0. The van der Waals surface area contributed by atoms with Crippen molar-refractivity contribution < 1.29 is 90.3 Å². The fourth-order valence-corrected chi connectivity index (χ4v) is 14.1. The quantitative estimate of drug-likeness (QED) is 0.0752. The molecule has 1 aromatic heterocycles. The number of cyclic esters (lactones) is 1. The van der Waals surface area contributed by atoms with Crippen molar-refractivity contribution in [1.82, 2.24) is 19.4 Å². The minimum absolute atomic E-state index is 0.129. The molecule has 24 nitrogen and oxygen atoms in total. The van der Waals surface area contributed by atoms with Crippen LogP contribution in [0.25, 0.3) is 0 Å². The lowest BCUT2D eigenvalue weighted by Crippen LogP contribution is -2.58. The monoisotopic (exact) mass is 1340 g/mol. The third kappa shape index (κ3) is 18.3. The molecule has 6 aliphatic heterocycles. The summed E-state index contributed by atoms with van der Waals surface area (Å²) in [5.41, 5.74) is 0.632. The number of benzene rings is 2. The molecule has 1 spiro atoms. The third-order valence-corrected chi connectivity index (χ3v) is 19.3. The number of hydrogen-bond acceptors (Lipinski definition) is 22. The molecule has 93 heavy (non-hydrogen) atoms. The first kappa shape index (κ1) is 73.3. The summed E-state index contributed by atoms with van der Waals surface area (Å²) >= 11 is 12.7. The van der Waals surface area contributed by atoms with E-state index in [9.17, 15) is 28.8 Å². The Labute approximate surface area is 555 Å². The number of imidazole rings is 1. The van der Waals surface area contributed by atoms with E-state index < -0.39 is 126 Å². The normalized spacial score (nSPS) is 35.2. The number of piperazine rings is 1. The van der Waals surface area contributed by atoms with Crippen LogP contribution in [0.5, 0.6) is 5.75 Å². The van der Waals surface area contributed by atoms with E-state index in [4.69, 9.17) is 84.8 Å². The molecular weight excluding hydrogens is 1250 g/mol. The van der Waals surface area contributed by atoms with Gasteiger partial charge in [0.05, 0.1) is 73.4 Å². The van der Waals surface area contributed by atoms with Crippen LogP contribution in [0.3, 0.4) is 0 Å². The smallest absolute Gasteiger partial charge is 0.311 e. The van der Waals surface area contributed by atoms with Crippen molar-refractivity contribution in [3.05, 3.63) is 76.8 Å². The van der Waals surface area contributed by atoms with E-state index >= 15 is 0 Å². The molecule has 6 saturated heterocycles. The number of aromatic nitrogens is 2. The first-order valence-corrected chi connectivity index (χ1v) is 33.0. The number of carbonyl (C=O) groups is 6. The van der Waals surface area contributed by atoms with Gasteiger partial charge >= 0.3 is 23.9 Å². The molecule has 6 fully saturated rings. The van der Waals surface area contributed by atoms with E-state index in [1.54, 1.807) is 66.2 Å². The van der Waals surface area contributed by atoms with Crippen LogP contribution >= 0.6 is 23.2 Å². The molecule has 0 bridgehead atoms. The Balaban J connectivity index is 0.000000263. The van der Waals surface area contributed by atoms with Gasteiger partial charge in [0.2, 0.25) is 11.7 Å². The fraction of sp³-hybridized carbons (Fsp3) is 0.687. The van der Waals surface area contributed by atoms with Gasteiger partial charge in [0, 0.05) is 108 Å². The second kappa shape index (κ2) is 32.0. The first-order chi connectivity index (χ1) is 44.0. The van der Waals surface area contributed by atoms with Crippen molar-refractivity contribution in [2.75, 3.05) is 72.1 Å². The summed E-state index contributed by atoms with van der Waals surface area (Å²) in [5, 5.41) is 1.02. The number of hydrogen-bond donors (Lipinski definition) is 0. The molecule has 26 heteroatoms. The highest BCUT2D eigenvalue weighted by Crippen LogP contribution is 2.45. The van der Waals surface area contributed by atoms with E-state index in [1.807, 2.05) is 85.8 Å². The number of methoxy groups -OCH3 is 1. The maximum absolute atomic E-state index is 14.4. The lowest BCUT2D eigenvalue weighted by molar-refractivity contribution is -0.301. The highest BCUT2D eigenvalue weighted by atomic mass is 35.5. The van der Waals surface area contributed by atoms with E-state index in [0.29, 0.717) is 41.8 Å². The van der Waals surface area contributed by atoms with E-state index in [0.717, 1.165) is 37.6 Å². The first-order valence-electron chi connectivity index (χ1n) is 32.2. The summed E-state index contributed by atoms with van der Waals surface area (Å²) in [4.78, 5) is 87.2. The summed E-state index contributed by atoms with van der Waals surface area (Å²) in [7, 11) is 5.31.